The number of amides is 2. The summed E-state index contributed by atoms with van der Waals surface area (Å²) in [5.41, 5.74) is 6.71. The van der Waals surface area contributed by atoms with Crippen LogP contribution in [0, 0.1) is 0 Å². The van der Waals surface area contributed by atoms with Crippen molar-refractivity contribution in [3.63, 3.8) is 0 Å². The molecule has 0 atom stereocenters. The van der Waals surface area contributed by atoms with Crippen LogP contribution in [0.5, 0.6) is 11.5 Å². The minimum atomic E-state index is -0.387. The number of hydrazone groups is 1. The zero-order chi connectivity index (χ0) is 31.6. The van der Waals surface area contributed by atoms with Crippen molar-refractivity contribution >= 4 is 69.1 Å². The molecule has 0 unspecified atom stereocenters. The molecular weight excluding hydrogens is 633 g/mol. The summed E-state index contributed by atoms with van der Waals surface area (Å²) < 4.78 is 11.4. The smallest absolute Gasteiger partial charge is 0.271 e. The molecule has 0 aliphatic rings. The van der Waals surface area contributed by atoms with Crippen LogP contribution in [-0.4, -0.2) is 36.2 Å². The van der Waals surface area contributed by atoms with E-state index in [-0.39, 0.29) is 29.2 Å². The van der Waals surface area contributed by atoms with Crippen LogP contribution >= 0.6 is 34.5 Å². The summed E-state index contributed by atoms with van der Waals surface area (Å²) in [6.07, 6.45) is 1.44. The van der Waals surface area contributed by atoms with Crippen molar-refractivity contribution in [2.24, 2.45) is 5.10 Å². The van der Waals surface area contributed by atoms with Gasteiger partial charge in [-0.1, -0.05) is 53.5 Å². The molecule has 0 saturated carbocycles. The topological polar surface area (TPSA) is 114 Å². The van der Waals surface area contributed by atoms with Gasteiger partial charge in [0.05, 0.1) is 23.5 Å². The number of thiazole rings is 1. The van der Waals surface area contributed by atoms with Gasteiger partial charge < -0.3 is 20.1 Å². The van der Waals surface area contributed by atoms with Gasteiger partial charge in [0.1, 0.15) is 0 Å². The summed E-state index contributed by atoms with van der Waals surface area (Å²) in [4.78, 5) is 29.7. The Labute approximate surface area is 273 Å². The second kappa shape index (κ2) is 15.2. The van der Waals surface area contributed by atoms with Crippen LogP contribution in [0.3, 0.4) is 0 Å². The first-order valence-corrected chi connectivity index (χ1v) is 15.4. The maximum absolute atomic E-state index is 12.7. The van der Waals surface area contributed by atoms with Crippen LogP contribution in [0.25, 0.3) is 11.3 Å². The van der Waals surface area contributed by atoms with Gasteiger partial charge in [-0.3, -0.25) is 9.59 Å². The van der Waals surface area contributed by atoms with Crippen molar-refractivity contribution in [1.82, 2.24) is 10.4 Å². The Kier molecular flexibility index (Phi) is 10.7. The monoisotopic (exact) mass is 659 g/mol. The van der Waals surface area contributed by atoms with E-state index in [1.807, 2.05) is 66.9 Å². The number of ether oxygens (including phenoxy) is 2. The highest BCUT2D eigenvalue weighted by Gasteiger charge is 2.15. The lowest BCUT2D eigenvalue weighted by atomic mass is 10.1. The second-order valence-corrected chi connectivity index (χ2v) is 11.1. The molecule has 9 nitrogen and oxygen atoms in total. The van der Waals surface area contributed by atoms with Crippen molar-refractivity contribution < 1.29 is 19.1 Å². The quantitative estimate of drug-likeness (QED) is 0.0922. The minimum Gasteiger partial charge on any atom is -0.490 e. The summed E-state index contributed by atoms with van der Waals surface area (Å²) in [6.45, 7) is 1.90. The maximum atomic E-state index is 12.7. The molecule has 0 fully saturated rings. The number of hydrogen-bond donors (Lipinski definition) is 3. The van der Waals surface area contributed by atoms with Crippen LogP contribution < -0.4 is 25.5 Å². The number of halogens is 2. The van der Waals surface area contributed by atoms with Crippen molar-refractivity contribution in [2.75, 3.05) is 23.8 Å². The van der Waals surface area contributed by atoms with Crippen LogP contribution in [-0.2, 0) is 4.79 Å². The van der Waals surface area contributed by atoms with Gasteiger partial charge in [-0.05, 0) is 73.2 Å². The van der Waals surface area contributed by atoms with Gasteiger partial charge in [-0.25, -0.2) is 10.4 Å². The molecule has 45 heavy (non-hydrogen) atoms. The maximum Gasteiger partial charge on any atom is 0.271 e. The van der Waals surface area contributed by atoms with Gasteiger partial charge >= 0.3 is 0 Å². The molecule has 228 valence electrons. The van der Waals surface area contributed by atoms with Crippen LogP contribution in [0.2, 0.25) is 10.0 Å². The molecule has 1 heterocycles. The van der Waals surface area contributed by atoms with Crippen LogP contribution in [0.4, 0.5) is 16.5 Å². The molecule has 5 rings (SSSR count). The fourth-order valence-corrected chi connectivity index (χ4v) is 5.20. The highest BCUT2D eigenvalue weighted by atomic mass is 35.5. The average Bonchev–Trinajstić information content (AvgIpc) is 3.51. The number of carbonyl (C=O) groups excluding carboxylic acids is 2. The van der Waals surface area contributed by atoms with Crippen molar-refractivity contribution in [2.45, 2.75) is 6.92 Å². The Morgan fingerprint density at radius 1 is 0.933 bits per heavy atom. The molecule has 4 aromatic carbocycles. The first-order chi connectivity index (χ1) is 21.9. The molecule has 0 saturated heterocycles. The zero-order valence-corrected chi connectivity index (χ0v) is 26.2. The lowest BCUT2D eigenvalue weighted by Crippen LogP contribution is -2.20. The van der Waals surface area contributed by atoms with Crippen molar-refractivity contribution in [3.8, 4) is 22.8 Å². The number of anilines is 3. The molecule has 12 heteroatoms. The number of benzene rings is 4. The molecule has 3 N–H and O–H groups in total. The normalized spacial score (nSPS) is 10.8. The van der Waals surface area contributed by atoms with Gasteiger partial charge in [0.25, 0.3) is 11.8 Å². The summed E-state index contributed by atoms with van der Waals surface area (Å²) in [7, 11) is 0. The van der Waals surface area contributed by atoms with E-state index in [1.54, 1.807) is 36.4 Å². The molecule has 5 aromatic rings. The van der Waals surface area contributed by atoms with E-state index in [2.05, 4.69) is 26.1 Å². The minimum absolute atomic E-state index is 0.227. The van der Waals surface area contributed by atoms with Gasteiger partial charge in [0.15, 0.2) is 23.2 Å². The number of hydrogen-bond acceptors (Lipinski definition) is 8. The Bertz CT molecular complexity index is 1800. The lowest BCUT2D eigenvalue weighted by molar-refractivity contribution is -0.118. The number of carbonyl (C=O) groups is 2. The highest BCUT2D eigenvalue weighted by molar-refractivity contribution is 7.14. The summed E-state index contributed by atoms with van der Waals surface area (Å²) in [5.74, 6) is -0.157. The van der Waals surface area contributed by atoms with Gasteiger partial charge in [0.2, 0.25) is 0 Å². The predicted molar refractivity (Wildman–Crippen MR) is 181 cm³/mol. The molecule has 0 radical (unpaired) electrons. The first kappa shape index (κ1) is 31.5. The number of nitrogens with one attached hydrogen (secondary N) is 3. The third-order valence-electron chi connectivity index (χ3n) is 6.16. The van der Waals surface area contributed by atoms with Gasteiger partial charge in [-0.15, -0.1) is 11.3 Å². The summed E-state index contributed by atoms with van der Waals surface area (Å²) in [6, 6.07) is 26.8. The molecular formula is C33H27Cl2N5O4S. The molecule has 0 spiro atoms. The number of para-hydroxylation sites is 1. The Morgan fingerprint density at radius 2 is 1.69 bits per heavy atom. The third-order valence-corrected chi connectivity index (χ3v) is 7.45. The van der Waals surface area contributed by atoms with E-state index in [0.29, 0.717) is 34.2 Å². The molecule has 0 aliphatic carbocycles. The van der Waals surface area contributed by atoms with Gasteiger partial charge in [0, 0.05) is 32.9 Å². The second-order valence-electron chi connectivity index (χ2n) is 9.41. The number of nitrogens with zero attached hydrogens (tertiary/aromatic N) is 2. The largest absolute Gasteiger partial charge is 0.490 e. The van der Waals surface area contributed by atoms with Gasteiger partial charge in [-0.2, -0.15) is 5.10 Å². The van der Waals surface area contributed by atoms with E-state index in [1.165, 1.54) is 17.6 Å². The standard InChI is InChI=1S/C33H27Cl2N5O4S/c1-2-43-29-17-21(16-27(35)31(29)44-19-30(41)37-25-6-4-3-5-7-25)18-36-40-32(42)23-10-8-22(9-11-23)28-20-45-33(39-28)38-26-14-12-24(34)13-15-26/h3-18,20H,2,19H2,1H3,(H,37,41)(H,38,39)(H,40,42)/b36-18-. The predicted octanol–water partition coefficient (Wildman–Crippen LogP) is 8.04. The Balaban J connectivity index is 1.17. The van der Waals surface area contributed by atoms with Crippen molar-refractivity contribution in [1.29, 1.82) is 0 Å². The van der Waals surface area contributed by atoms with E-state index >= 15 is 0 Å². The number of aromatic nitrogens is 1. The fourth-order valence-electron chi connectivity index (χ4n) is 4.06. The number of rotatable bonds is 12. The van der Waals surface area contributed by atoms with E-state index < -0.39 is 0 Å². The third kappa shape index (κ3) is 8.82. The molecule has 0 bridgehead atoms. The van der Waals surface area contributed by atoms with E-state index in [9.17, 15) is 9.59 Å². The molecule has 2 amide bonds. The Morgan fingerprint density at radius 3 is 2.42 bits per heavy atom. The summed E-state index contributed by atoms with van der Waals surface area (Å²) >= 11 is 13.9. The van der Waals surface area contributed by atoms with Crippen molar-refractivity contribution in [3.05, 3.63) is 118 Å². The van der Waals surface area contributed by atoms with Crippen LogP contribution in [0.1, 0.15) is 22.8 Å². The molecule has 0 aliphatic heterocycles. The SMILES string of the molecule is CCOc1cc(/C=N\NC(=O)c2ccc(-c3csc(Nc4ccc(Cl)cc4)n3)cc2)cc(Cl)c1OCC(=O)Nc1ccccc1. The molecule has 1 aromatic heterocycles. The Hall–Kier alpha value is -4.90. The lowest BCUT2D eigenvalue weighted by Gasteiger charge is -2.14. The van der Waals surface area contributed by atoms with E-state index in [0.717, 1.165) is 22.1 Å². The average molecular weight is 661 g/mol. The van der Waals surface area contributed by atoms with Crippen LogP contribution in [0.15, 0.2) is 101 Å². The summed E-state index contributed by atoms with van der Waals surface area (Å²) in [5, 5.41) is 13.6. The fraction of sp³-hybridized carbons (Fsp3) is 0.0909. The van der Waals surface area contributed by atoms with E-state index in [4.69, 9.17) is 32.7 Å². The highest BCUT2D eigenvalue weighted by Crippen LogP contribution is 2.36. The zero-order valence-electron chi connectivity index (χ0n) is 23.9. The first-order valence-electron chi connectivity index (χ1n) is 13.7.